The summed E-state index contributed by atoms with van der Waals surface area (Å²) < 4.78 is 1.97. The second-order valence-corrected chi connectivity index (χ2v) is 8.86. The molecular weight excluding hydrogens is 454 g/mol. The summed E-state index contributed by atoms with van der Waals surface area (Å²) in [7, 11) is 0. The number of aromatic nitrogens is 3. The van der Waals surface area contributed by atoms with Gasteiger partial charge in [0.05, 0.1) is 12.0 Å². The van der Waals surface area contributed by atoms with Crippen LogP contribution in [0.5, 0.6) is 0 Å². The Labute approximate surface area is 201 Å². The maximum Gasteiger partial charge on any atom is 0.250 e. The Bertz CT molecular complexity index is 1270. The van der Waals surface area contributed by atoms with Crippen LogP contribution < -0.4 is 5.43 Å². The summed E-state index contributed by atoms with van der Waals surface area (Å²) in [6.07, 6.45) is 1.57. The van der Waals surface area contributed by atoms with Gasteiger partial charge in [0.15, 0.2) is 11.0 Å². The number of aryl methyl sites for hydroxylation is 2. The number of thioether (sulfide) groups is 1. The molecular formula is C25H22ClN5OS. The maximum atomic E-state index is 12.3. The number of hydrogen-bond acceptors (Lipinski definition) is 5. The molecule has 33 heavy (non-hydrogen) atoms. The van der Waals surface area contributed by atoms with Crippen LogP contribution in [0.4, 0.5) is 0 Å². The number of benzene rings is 3. The third-order valence-corrected chi connectivity index (χ3v) is 6.02. The molecule has 0 unspecified atom stereocenters. The Morgan fingerprint density at radius 1 is 0.970 bits per heavy atom. The molecule has 8 heteroatoms. The van der Waals surface area contributed by atoms with Crippen molar-refractivity contribution < 1.29 is 4.79 Å². The van der Waals surface area contributed by atoms with E-state index >= 15 is 0 Å². The highest BCUT2D eigenvalue weighted by Crippen LogP contribution is 2.28. The number of amides is 1. The minimum atomic E-state index is -0.236. The van der Waals surface area contributed by atoms with Crippen LogP contribution in [0.2, 0.25) is 5.02 Å². The van der Waals surface area contributed by atoms with Crippen molar-refractivity contribution in [3.63, 3.8) is 0 Å². The van der Waals surface area contributed by atoms with Crippen molar-refractivity contribution in [2.45, 2.75) is 19.0 Å². The minimum absolute atomic E-state index is 0.149. The van der Waals surface area contributed by atoms with Gasteiger partial charge in [0.25, 0.3) is 5.91 Å². The minimum Gasteiger partial charge on any atom is -0.272 e. The molecule has 0 atom stereocenters. The number of hydrazone groups is 1. The number of rotatable bonds is 7. The molecule has 6 nitrogen and oxygen atoms in total. The van der Waals surface area contributed by atoms with Crippen molar-refractivity contribution in [3.8, 4) is 17.1 Å². The fourth-order valence-corrected chi connectivity index (χ4v) is 3.94. The molecule has 0 aliphatic heterocycles. The van der Waals surface area contributed by atoms with E-state index < -0.39 is 0 Å². The lowest BCUT2D eigenvalue weighted by Gasteiger charge is -2.11. The molecule has 1 N–H and O–H groups in total. The van der Waals surface area contributed by atoms with Gasteiger partial charge in [-0.3, -0.25) is 9.36 Å². The summed E-state index contributed by atoms with van der Waals surface area (Å²) in [5.74, 6) is 0.638. The SMILES string of the molecule is Cc1ccc(-c2nnc(SCC(=O)N/N=C\c3ccc(Cl)cc3)n2-c2ccc(C)cc2)cc1. The summed E-state index contributed by atoms with van der Waals surface area (Å²) in [6, 6.07) is 23.5. The van der Waals surface area contributed by atoms with Gasteiger partial charge in [-0.2, -0.15) is 5.10 Å². The molecule has 3 aromatic carbocycles. The van der Waals surface area contributed by atoms with E-state index in [1.54, 1.807) is 18.3 Å². The molecule has 4 aromatic rings. The van der Waals surface area contributed by atoms with Gasteiger partial charge in [-0.25, -0.2) is 5.43 Å². The van der Waals surface area contributed by atoms with E-state index in [1.807, 2.05) is 79.1 Å². The smallest absolute Gasteiger partial charge is 0.250 e. The molecule has 1 heterocycles. The van der Waals surface area contributed by atoms with Crippen molar-refractivity contribution in [1.29, 1.82) is 0 Å². The van der Waals surface area contributed by atoms with E-state index in [0.29, 0.717) is 10.2 Å². The van der Waals surface area contributed by atoms with E-state index in [4.69, 9.17) is 11.6 Å². The molecule has 1 amide bonds. The Hall–Kier alpha value is -3.42. The predicted molar refractivity (Wildman–Crippen MR) is 134 cm³/mol. The monoisotopic (exact) mass is 475 g/mol. The summed E-state index contributed by atoms with van der Waals surface area (Å²) in [5.41, 5.74) is 7.61. The molecule has 166 valence electrons. The number of carbonyl (C=O) groups is 1. The molecule has 0 aliphatic rings. The van der Waals surface area contributed by atoms with E-state index in [1.165, 1.54) is 17.3 Å². The van der Waals surface area contributed by atoms with Crippen LogP contribution in [0, 0.1) is 13.8 Å². The van der Waals surface area contributed by atoms with Crippen molar-refractivity contribution in [3.05, 3.63) is 94.5 Å². The zero-order valence-electron chi connectivity index (χ0n) is 18.2. The Balaban J connectivity index is 1.51. The van der Waals surface area contributed by atoms with Gasteiger partial charge < -0.3 is 0 Å². The Morgan fingerprint density at radius 2 is 1.61 bits per heavy atom. The zero-order chi connectivity index (χ0) is 23.2. The number of halogens is 1. The number of hydrogen-bond donors (Lipinski definition) is 1. The van der Waals surface area contributed by atoms with Crippen LogP contribution in [0.25, 0.3) is 17.1 Å². The van der Waals surface area contributed by atoms with Gasteiger partial charge in [0.1, 0.15) is 0 Å². The lowest BCUT2D eigenvalue weighted by molar-refractivity contribution is -0.118. The summed E-state index contributed by atoms with van der Waals surface area (Å²) in [4.78, 5) is 12.3. The predicted octanol–water partition coefficient (Wildman–Crippen LogP) is 5.45. The van der Waals surface area contributed by atoms with Crippen LogP contribution in [-0.2, 0) is 4.79 Å². The van der Waals surface area contributed by atoms with Gasteiger partial charge in [-0.15, -0.1) is 10.2 Å². The molecule has 0 radical (unpaired) electrons. The first-order chi connectivity index (χ1) is 16.0. The molecule has 1 aromatic heterocycles. The third-order valence-electron chi connectivity index (χ3n) is 4.84. The van der Waals surface area contributed by atoms with Crippen LogP contribution in [-0.4, -0.2) is 32.6 Å². The summed E-state index contributed by atoms with van der Waals surface area (Å²) in [5, 5.41) is 14.1. The van der Waals surface area contributed by atoms with Crippen LogP contribution in [0.3, 0.4) is 0 Å². The molecule has 0 saturated carbocycles. The fourth-order valence-electron chi connectivity index (χ4n) is 3.07. The lowest BCUT2D eigenvalue weighted by atomic mass is 10.1. The van der Waals surface area contributed by atoms with Gasteiger partial charge >= 0.3 is 0 Å². The second kappa shape index (κ2) is 10.5. The first-order valence-electron chi connectivity index (χ1n) is 10.3. The van der Waals surface area contributed by atoms with Crippen molar-refractivity contribution >= 4 is 35.5 Å². The quantitative estimate of drug-likeness (QED) is 0.219. The van der Waals surface area contributed by atoms with Crippen LogP contribution in [0.1, 0.15) is 16.7 Å². The highest BCUT2D eigenvalue weighted by atomic mass is 35.5. The standard InChI is InChI=1S/C25H22ClN5OS/c1-17-3-9-20(10-4-17)24-29-30-25(31(24)22-13-5-18(2)6-14-22)33-16-23(32)28-27-15-19-7-11-21(26)12-8-19/h3-15H,16H2,1-2H3,(H,28,32)/b27-15-. The topological polar surface area (TPSA) is 72.2 Å². The average Bonchev–Trinajstić information content (AvgIpc) is 3.24. The molecule has 0 bridgehead atoms. The Morgan fingerprint density at radius 3 is 2.27 bits per heavy atom. The number of nitrogens with zero attached hydrogens (tertiary/aromatic N) is 4. The van der Waals surface area contributed by atoms with Gasteiger partial charge in [-0.1, -0.05) is 83.0 Å². The molecule has 0 saturated heterocycles. The molecule has 0 fully saturated rings. The van der Waals surface area contributed by atoms with Crippen LogP contribution in [0.15, 0.2) is 83.1 Å². The number of carbonyl (C=O) groups excluding carboxylic acids is 1. The lowest BCUT2D eigenvalue weighted by Crippen LogP contribution is -2.20. The molecule has 0 spiro atoms. The normalized spacial score (nSPS) is 11.1. The van der Waals surface area contributed by atoms with Crippen molar-refractivity contribution in [2.24, 2.45) is 5.10 Å². The maximum absolute atomic E-state index is 12.3. The highest BCUT2D eigenvalue weighted by molar-refractivity contribution is 7.99. The molecule has 4 rings (SSSR count). The first-order valence-corrected chi connectivity index (χ1v) is 11.7. The highest BCUT2D eigenvalue weighted by Gasteiger charge is 2.17. The van der Waals surface area contributed by atoms with Gasteiger partial charge in [0.2, 0.25) is 0 Å². The van der Waals surface area contributed by atoms with Crippen molar-refractivity contribution in [2.75, 3.05) is 5.75 Å². The van der Waals surface area contributed by atoms with E-state index in [2.05, 4.69) is 20.7 Å². The second-order valence-electron chi connectivity index (χ2n) is 7.48. The summed E-state index contributed by atoms with van der Waals surface area (Å²) in [6.45, 7) is 4.09. The van der Waals surface area contributed by atoms with E-state index in [9.17, 15) is 4.79 Å². The van der Waals surface area contributed by atoms with Gasteiger partial charge in [-0.05, 0) is 43.7 Å². The Kier molecular flexibility index (Phi) is 7.22. The van der Waals surface area contributed by atoms with E-state index in [-0.39, 0.29) is 11.7 Å². The largest absolute Gasteiger partial charge is 0.272 e. The zero-order valence-corrected chi connectivity index (χ0v) is 19.8. The van der Waals surface area contributed by atoms with Crippen LogP contribution >= 0.6 is 23.4 Å². The van der Waals surface area contributed by atoms with E-state index in [0.717, 1.165) is 28.2 Å². The average molecular weight is 476 g/mol. The molecule has 0 aliphatic carbocycles. The third kappa shape index (κ3) is 5.88. The van der Waals surface area contributed by atoms with Gasteiger partial charge in [0, 0.05) is 16.3 Å². The fraction of sp³-hybridized carbons (Fsp3) is 0.120. The summed E-state index contributed by atoms with van der Waals surface area (Å²) >= 11 is 7.19. The number of nitrogens with one attached hydrogen (secondary N) is 1. The first kappa shape index (κ1) is 22.8. The van der Waals surface area contributed by atoms with Crippen molar-refractivity contribution in [1.82, 2.24) is 20.2 Å².